The second-order valence-electron chi connectivity index (χ2n) is 4.99. The van der Waals surface area contributed by atoms with Crippen LogP contribution in [0.4, 0.5) is 4.39 Å². The number of carboxylic acid groups (broad SMARTS) is 1. The first-order valence-corrected chi connectivity index (χ1v) is 6.13. The van der Waals surface area contributed by atoms with Gasteiger partial charge in [0.05, 0.1) is 14.2 Å². The molecule has 0 heterocycles. The number of rotatable bonds is 6. The SMILES string of the molecule is COc1cc(C(C)(C)F)cc(CC(N)C(=O)O)c1OC. The summed E-state index contributed by atoms with van der Waals surface area (Å²) in [7, 11) is 2.88. The molecule has 1 atom stereocenters. The molecule has 0 bridgehead atoms. The molecule has 20 heavy (non-hydrogen) atoms. The van der Waals surface area contributed by atoms with Gasteiger partial charge in [0.2, 0.25) is 0 Å². The first-order valence-electron chi connectivity index (χ1n) is 6.13. The van der Waals surface area contributed by atoms with Crippen molar-refractivity contribution >= 4 is 5.97 Å². The smallest absolute Gasteiger partial charge is 0.320 e. The maximum absolute atomic E-state index is 14.1. The summed E-state index contributed by atoms with van der Waals surface area (Å²) in [5.41, 5.74) is 4.83. The van der Waals surface area contributed by atoms with Crippen molar-refractivity contribution in [2.75, 3.05) is 14.2 Å². The number of hydrogen-bond donors (Lipinski definition) is 2. The van der Waals surface area contributed by atoms with Crippen LogP contribution >= 0.6 is 0 Å². The molecule has 0 radical (unpaired) electrons. The van der Waals surface area contributed by atoms with Crippen LogP contribution in [0.1, 0.15) is 25.0 Å². The third-order valence-electron chi connectivity index (χ3n) is 3.00. The van der Waals surface area contributed by atoms with Crippen molar-refractivity contribution in [3.05, 3.63) is 23.3 Å². The number of carboxylic acids is 1. The lowest BCUT2D eigenvalue weighted by Gasteiger charge is -2.21. The average Bonchev–Trinajstić information content (AvgIpc) is 2.36. The van der Waals surface area contributed by atoms with E-state index < -0.39 is 17.7 Å². The number of carbonyl (C=O) groups is 1. The van der Waals surface area contributed by atoms with Gasteiger partial charge >= 0.3 is 5.97 Å². The molecule has 5 nitrogen and oxygen atoms in total. The highest BCUT2D eigenvalue weighted by atomic mass is 19.1. The van der Waals surface area contributed by atoms with Gasteiger partial charge in [0.15, 0.2) is 11.5 Å². The standard InChI is InChI=1S/C14H20FNO4/c1-14(2,15)9-5-8(6-10(16)13(17)18)12(20-4)11(7-9)19-3/h5,7,10H,6,16H2,1-4H3,(H,17,18). The molecule has 0 amide bonds. The predicted octanol–water partition coefficient (Wildman–Crippen LogP) is 1.86. The zero-order chi connectivity index (χ0) is 15.5. The molecular weight excluding hydrogens is 265 g/mol. The van der Waals surface area contributed by atoms with Crippen molar-refractivity contribution in [1.82, 2.24) is 0 Å². The molecule has 1 unspecified atom stereocenters. The number of methoxy groups -OCH3 is 2. The van der Waals surface area contributed by atoms with E-state index in [2.05, 4.69) is 0 Å². The van der Waals surface area contributed by atoms with Crippen molar-refractivity contribution in [2.45, 2.75) is 32.0 Å². The molecule has 1 aromatic rings. The number of halogens is 1. The van der Waals surface area contributed by atoms with Gasteiger partial charge in [0.1, 0.15) is 11.7 Å². The Labute approximate surface area is 117 Å². The van der Waals surface area contributed by atoms with Crippen LogP contribution in [0.5, 0.6) is 11.5 Å². The summed E-state index contributed by atoms with van der Waals surface area (Å²) in [6, 6.07) is 2.00. The van der Waals surface area contributed by atoms with Crippen LogP contribution in [0.3, 0.4) is 0 Å². The average molecular weight is 285 g/mol. The molecule has 6 heteroatoms. The summed E-state index contributed by atoms with van der Waals surface area (Å²) >= 11 is 0. The fourth-order valence-electron chi connectivity index (χ4n) is 1.86. The second-order valence-corrected chi connectivity index (χ2v) is 4.99. The third-order valence-corrected chi connectivity index (χ3v) is 3.00. The number of ether oxygens (including phenoxy) is 2. The molecule has 0 aliphatic heterocycles. The Morgan fingerprint density at radius 3 is 2.40 bits per heavy atom. The van der Waals surface area contributed by atoms with E-state index in [4.69, 9.17) is 20.3 Å². The lowest BCUT2D eigenvalue weighted by Crippen LogP contribution is -2.32. The van der Waals surface area contributed by atoms with E-state index in [0.717, 1.165) is 0 Å². The molecule has 0 aromatic heterocycles. The minimum atomic E-state index is -1.58. The van der Waals surface area contributed by atoms with Gasteiger partial charge < -0.3 is 20.3 Å². The van der Waals surface area contributed by atoms with Crippen LogP contribution < -0.4 is 15.2 Å². The molecule has 0 saturated heterocycles. The Balaban J connectivity index is 3.34. The number of nitrogens with two attached hydrogens (primary N) is 1. The van der Waals surface area contributed by atoms with Crippen LogP contribution in [0.25, 0.3) is 0 Å². The molecule has 1 rings (SSSR count). The normalized spacial score (nSPS) is 12.9. The molecule has 112 valence electrons. The van der Waals surface area contributed by atoms with Crippen LogP contribution in [0, 0.1) is 0 Å². The van der Waals surface area contributed by atoms with Crippen molar-refractivity contribution in [3.8, 4) is 11.5 Å². The van der Waals surface area contributed by atoms with E-state index in [1.165, 1.54) is 34.1 Å². The van der Waals surface area contributed by atoms with Crippen molar-refractivity contribution in [3.63, 3.8) is 0 Å². The van der Waals surface area contributed by atoms with Crippen molar-refractivity contribution < 1.29 is 23.8 Å². The minimum absolute atomic E-state index is 0.0266. The van der Waals surface area contributed by atoms with Gasteiger partial charge in [-0.2, -0.15) is 0 Å². The largest absolute Gasteiger partial charge is 0.493 e. The second kappa shape index (κ2) is 6.09. The van der Waals surface area contributed by atoms with E-state index in [9.17, 15) is 9.18 Å². The fraction of sp³-hybridized carbons (Fsp3) is 0.500. The van der Waals surface area contributed by atoms with E-state index in [-0.39, 0.29) is 6.42 Å². The van der Waals surface area contributed by atoms with Gasteiger partial charge in [0, 0.05) is 12.0 Å². The summed E-state index contributed by atoms with van der Waals surface area (Å²) in [6.45, 7) is 2.82. The minimum Gasteiger partial charge on any atom is -0.493 e. The number of hydrogen-bond acceptors (Lipinski definition) is 4. The summed E-state index contributed by atoms with van der Waals surface area (Å²) in [5, 5.41) is 8.89. The summed E-state index contributed by atoms with van der Waals surface area (Å²) in [6.07, 6.45) is 0.0266. The molecular formula is C14H20FNO4. The van der Waals surface area contributed by atoms with Gasteiger partial charge in [-0.25, -0.2) is 4.39 Å². The first kappa shape index (κ1) is 16.2. The predicted molar refractivity (Wildman–Crippen MR) is 73.0 cm³/mol. The fourth-order valence-corrected chi connectivity index (χ4v) is 1.86. The molecule has 0 spiro atoms. The highest BCUT2D eigenvalue weighted by Crippen LogP contribution is 2.37. The highest BCUT2D eigenvalue weighted by Gasteiger charge is 2.25. The maximum Gasteiger partial charge on any atom is 0.320 e. The summed E-state index contributed by atoms with van der Waals surface area (Å²) < 4.78 is 24.5. The first-order chi connectivity index (χ1) is 9.20. The lowest BCUT2D eigenvalue weighted by atomic mass is 9.94. The van der Waals surface area contributed by atoms with Crippen molar-refractivity contribution in [1.29, 1.82) is 0 Å². The Bertz CT molecular complexity index is 497. The summed E-state index contributed by atoms with van der Waals surface area (Å²) in [4.78, 5) is 10.9. The van der Waals surface area contributed by atoms with Gasteiger partial charge in [-0.15, -0.1) is 0 Å². The topological polar surface area (TPSA) is 81.8 Å². The maximum atomic E-state index is 14.1. The molecule has 1 aromatic carbocycles. The van der Waals surface area contributed by atoms with E-state index in [0.29, 0.717) is 22.6 Å². The van der Waals surface area contributed by atoms with Gasteiger partial charge in [0.25, 0.3) is 0 Å². The molecule has 0 fully saturated rings. The van der Waals surface area contributed by atoms with E-state index in [1.54, 1.807) is 6.07 Å². The highest BCUT2D eigenvalue weighted by molar-refractivity contribution is 5.74. The zero-order valence-corrected chi connectivity index (χ0v) is 12.1. The van der Waals surface area contributed by atoms with E-state index in [1.807, 2.05) is 0 Å². The Morgan fingerprint density at radius 1 is 1.40 bits per heavy atom. The third kappa shape index (κ3) is 3.60. The van der Waals surface area contributed by atoms with Gasteiger partial charge in [-0.1, -0.05) is 0 Å². The van der Waals surface area contributed by atoms with Gasteiger partial charge in [-0.3, -0.25) is 4.79 Å². The Hall–Kier alpha value is -1.82. The monoisotopic (exact) mass is 285 g/mol. The van der Waals surface area contributed by atoms with Crippen LogP contribution in [-0.2, 0) is 16.9 Å². The molecule has 3 N–H and O–H groups in total. The quantitative estimate of drug-likeness (QED) is 0.833. The molecule has 0 aliphatic carbocycles. The number of alkyl halides is 1. The number of aliphatic carboxylic acids is 1. The Morgan fingerprint density at radius 2 is 2.00 bits per heavy atom. The Kier molecular flexibility index (Phi) is 4.94. The van der Waals surface area contributed by atoms with Crippen LogP contribution in [0.2, 0.25) is 0 Å². The van der Waals surface area contributed by atoms with Gasteiger partial charge in [-0.05, 0) is 31.5 Å². The van der Waals surface area contributed by atoms with Crippen LogP contribution in [0.15, 0.2) is 12.1 Å². The molecule has 0 aliphatic rings. The number of benzene rings is 1. The lowest BCUT2D eigenvalue weighted by molar-refractivity contribution is -0.138. The van der Waals surface area contributed by atoms with Crippen molar-refractivity contribution in [2.24, 2.45) is 5.73 Å². The van der Waals surface area contributed by atoms with E-state index >= 15 is 0 Å². The summed E-state index contributed by atoms with van der Waals surface area (Å²) in [5.74, 6) is -0.406. The molecule has 0 saturated carbocycles. The zero-order valence-electron chi connectivity index (χ0n) is 12.1. The van der Waals surface area contributed by atoms with Crippen LogP contribution in [-0.4, -0.2) is 31.3 Å².